The molecule has 0 radical (unpaired) electrons. The van der Waals surface area contributed by atoms with Crippen LogP contribution in [0.5, 0.6) is 0 Å². The van der Waals surface area contributed by atoms with Crippen LogP contribution in [-0.4, -0.2) is 27.1 Å². The van der Waals surface area contributed by atoms with E-state index in [0.717, 1.165) is 10.2 Å². The lowest BCUT2D eigenvalue weighted by Crippen LogP contribution is -2.11. The van der Waals surface area contributed by atoms with Crippen LogP contribution in [0.3, 0.4) is 0 Å². The van der Waals surface area contributed by atoms with Gasteiger partial charge in [0.15, 0.2) is 9.84 Å². The van der Waals surface area contributed by atoms with Crippen molar-refractivity contribution in [3.63, 3.8) is 0 Å². The lowest BCUT2D eigenvalue weighted by molar-refractivity contribution is 0.588. The SMILES string of the molecule is CS(=O)(=O)c1cccc2c1ccn2S(=O)(=O)c1ccccc1. The van der Waals surface area contributed by atoms with Crippen LogP contribution in [0.1, 0.15) is 0 Å². The van der Waals surface area contributed by atoms with Crippen LogP contribution in [-0.2, 0) is 19.9 Å². The number of aromatic nitrogens is 1. The van der Waals surface area contributed by atoms with Crippen molar-refractivity contribution < 1.29 is 16.8 Å². The quantitative estimate of drug-likeness (QED) is 0.736. The van der Waals surface area contributed by atoms with Crippen molar-refractivity contribution in [3.05, 3.63) is 60.8 Å². The van der Waals surface area contributed by atoms with Gasteiger partial charge in [0, 0.05) is 17.8 Å². The molecule has 0 aliphatic rings. The highest BCUT2D eigenvalue weighted by atomic mass is 32.2. The van der Waals surface area contributed by atoms with Gasteiger partial charge in [-0.25, -0.2) is 20.8 Å². The van der Waals surface area contributed by atoms with Crippen LogP contribution in [0.4, 0.5) is 0 Å². The largest absolute Gasteiger partial charge is 0.268 e. The summed E-state index contributed by atoms with van der Waals surface area (Å²) in [5, 5.41) is 0.393. The summed E-state index contributed by atoms with van der Waals surface area (Å²) < 4.78 is 50.1. The molecule has 3 aromatic rings. The molecule has 1 aromatic heterocycles. The average molecular weight is 335 g/mol. The molecule has 0 fully saturated rings. The zero-order valence-electron chi connectivity index (χ0n) is 11.7. The first-order valence-corrected chi connectivity index (χ1v) is 9.76. The number of nitrogens with zero attached hydrogens (tertiary/aromatic N) is 1. The Kier molecular flexibility index (Phi) is 3.34. The second-order valence-corrected chi connectivity index (χ2v) is 8.69. The molecule has 0 unspecified atom stereocenters. The summed E-state index contributed by atoms with van der Waals surface area (Å²) >= 11 is 0. The van der Waals surface area contributed by atoms with Crippen LogP contribution in [0.25, 0.3) is 10.9 Å². The van der Waals surface area contributed by atoms with E-state index in [0.29, 0.717) is 10.9 Å². The minimum atomic E-state index is -3.76. The third-order valence-electron chi connectivity index (χ3n) is 3.36. The highest BCUT2D eigenvalue weighted by Gasteiger charge is 2.21. The molecule has 114 valence electrons. The summed E-state index contributed by atoms with van der Waals surface area (Å²) in [7, 11) is -7.20. The first-order valence-electron chi connectivity index (χ1n) is 6.42. The Labute approximate surface area is 128 Å². The second-order valence-electron chi connectivity index (χ2n) is 4.89. The van der Waals surface area contributed by atoms with Crippen molar-refractivity contribution in [3.8, 4) is 0 Å². The summed E-state index contributed by atoms with van der Waals surface area (Å²) in [6.07, 6.45) is 2.48. The van der Waals surface area contributed by atoms with Crippen molar-refractivity contribution in [2.45, 2.75) is 9.79 Å². The van der Waals surface area contributed by atoms with E-state index in [1.54, 1.807) is 24.3 Å². The molecule has 0 amide bonds. The molecule has 0 bridgehead atoms. The van der Waals surface area contributed by atoms with E-state index < -0.39 is 19.9 Å². The zero-order chi connectivity index (χ0) is 16.0. The summed E-state index contributed by atoms with van der Waals surface area (Å²) in [6.45, 7) is 0. The lowest BCUT2D eigenvalue weighted by atomic mass is 10.2. The molecule has 0 N–H and O–H groups in total. The Morgan fingerprint density at radius 1 is 0.818 bits per heavy atom. The van der Waals surface area contributed by atoms with Crippen molar-refractivity contribution in [1.82, 2.24) is 3.97 Å². The third-order valence-corrected chi connectivity index (χ3v) is 6.22. The van der Waals surface area contributed by atoms with Gasteiger partial charge in [0.1, 0.15) is 0 Å². The van der Waals surface area contributed by atoms with E-state index >= 15 is 0 Å². The molecule has 0 aliphatic heterocycles. The molecule has 0 spiro atoms. The van der Waals surface area contributed by atoms with Crippen molar-refractivity contribution in [2.24, 2.45) is 0 Å². The van der Waals surface area contributed by atoms with E-state index in [-0.39, 0.29) is 9.79 Å². The van der Waals surface area contributed by atoms with Crippen LogP contribution in [0.2, 0.25) is 0 Å². The van der Waals surface area contributed by atoms with Crippen LogP contribution in [0.15, 0.2) is 70.6 Å². The van der Waals surface area contributed by atoms with Gasteiger partial charge in [-0.15, -0.1) is 0 Å². The fourth-order valence-corrected chi connectivity index (χ4v) is 4.62. The van der Waals surface area contributed by atoms with Gasteiger partial charge in [0.05, 0.1) is 15.3 Å². The Morgan fingerprint density at radius 3 is 2.14 bits per heavy atom. The molecule has 0 saturated heterocycles. The molecule has 1 heterocycles. The fraction of sp³-hybridized carbons (Fsp3) is 0.0667. The molecule has 2 aromatic carbocycles. The number of benzene rings is 2. The lowest BCUT2D eigenvalue weighted by Gasteiger charge is -2.08. The summed E-state index contributed by atoms with van der Waals surface area (Å²) in [5.41, 5.74) is 0.340. The molecule has 0 aliphatic carbocycles. The molecular weight excluding hydrogens is 322 g/mol. The van der Waals surface area contributed by atoms with Gasteiger partial charge in [0.2, 0.25) is 0 Å². The smallest absolute Gasteiger partial charge is 0.241 e. The maximum absolute atomic E-state index is 12.7. The fourth-order valence-electron chi connectivity index (χ4n) is 2.35. The molecule has 5 nitrogen and oxygen atoms in total. The first kappa shape index (κ1) is 14.8. The molecular formula is C15H13NO4S2. The van der Waals surface area contributed by atoms with Gasteiger partial charge in [-0.1, -0.05) is 24.3 Å². The Morgan fingerprint density at radius 2 is 1.50 bits per heavy atom. The van der Waals surface area contributed by atoms with Gasteiger partial charge in [-0.2, -0.15) is 0 Å². The van der Waals surface area contributed by atoms with Crippen molar-refractivity contribution in [2.75, 3.05) is 6.26 Å². The predicted molar refractivity (Wildman–Crippen MR) is 84.1 cm³/mol. The minimum Gasteiger partial charge on any atom is -0.241 e. The topological polar surface area (TPSA) is 73.2 Å². The highest BCUT2D eigenvalue weighted by molar-refractivity contribution is 7.91. The zero-order valence-corrected chi connectivity index (χ0v) is 13.3. The number of rotatable bonds is 3. The molecule has 3 rings (SSSR count). The maximum Gasteiger partial charge on any atom is 0.268 e. The predicted octanol–water partition coefficient (Wildman–Crippen LogP) is 2.28. The van der Waals surface area contributed by atoms with Gasteiger partial charge < -0.3 is 0 Å². The normalized spacial score (nSPS) is 12.6. The number of fused-ring (bicyclic) bond motifs is 1. The Hall–Kier alpha value is -2.12. The van der Waals surface area contributed by atoms with Gasteiger partial charge >= 0.3 is 0 Å². The third kappa shape index (κ3) is 2.32. The number of sulfone groups is 1. The summed E-state index contributed by atoms with van der Waals surface area (Å²) in [6, 6.07) is 14.1. The first-order chi connectivity index (χ1) is 10.3. The highest BCUT2D eigenvalue weighted by Crippen LogP contribution is 2.27. The maximum atomic E-state index is 12.7. The van der Waals surface area contributed by atoms with Crippen molar-refractivity contribution >= 4 is 30.8 Å². The van der Waals surface area contributed by atoms with Gasteiger partial charge in [0.25, 0.3) is 10.0 Å². The summed E-state index contributed by atoms with van der Waals surface area (Å²) in [4.78, 5) is 0.268. The molecule has 0 atom stereocenters. The van der Waals surface area contributed by atoms with Gasteiger partial charge in [-0.05, 0) is 30.3 Å². The van der Waals surface area contributed by atoms with Crippen molar-refractivity contribution in [1.29, 1.82) is 0 Å². The second kappa shape index (κ2) is 4.96. The Bertz CT molecular complexity index is 1050. The Balaban J connectivity index is 2.31. The van der Waals surface area contributed by atoms with Gasteiger partial charge in [-0.3, -0.25) is 0 Å². The molecule has 7 heteroatoms. The van der Waals surface area contributed by atoms with Crippen LogP contribution >= 0.6 is 0 Å². The van der Waals surface area contributed by atoms with Crippen LogP contribution in [0, 0.1) is 0 Å². The molecule has 0 saturated carbocycles. The van der Waals surface area contributed by atoms with E-state index in [9.17, 15) is 16.8 Å². The monoisotopic (exact) mass is 335 g/mol. The number of hydrogen-bond donors (Lipinski definition) is 0. The van der Waals surface area contributed by atoms with E-state index in [4.69, 9.17) is 0 Å². The number of hydrogen-bond acceptors (Lipinski definition) is 4. The average Bonchev–Trinajstić information content (AvgIpc) is 2.91. The minimum absolute atomic E-state index is 0.118. The van der Waals surface area contributed by atoms with E-state index in [1.807, 2.05) is 0 Å². The van der Waals surface area contributed by atoms with Crippen LogP contribution < -0.4 is 0 Å². The molecule has 22 heavy (non-hydrogen) atoms. The van der Waals surface area contributed by atoms with E-state index in [1.165, 1.54) is 36.5 Å². The summed E-state index contributed by atoms with van der Waals surface area (Å²) in [5.74, 6) is 0. The standard InChI is InChI=1S/C15H13NO4S2/c1-21(17,18)15-9-5-8-14-13(15)10-11-16(14)22(19,20)12-6-3-2-4-7-12/h2-11H,1H3. The van der Waals surface area contributed by atoms with E-state index in [2.05, 4.69) is 0 Å².